The van der Waals surface area contributed by atoms with Gasteiger partial charge in [-0.1, -0.05) is 65.7 Å². The number of Topliss-reactive ketones (excluding diaryl/α,β-unsaturated/α-hetero) is 1. The van der Waals surface area contributed by atoms with E-state index in [1.165, 1.54) is 0 Å². The lowest BCUT2D eigenvalue weighted by Crippen LogP contribution is -2.37. The van der Waals surface area contributed by atoms with Gasteiger partial charge in [0.2, 0.25) is 5.78 Å². The number of esters is 1. The van der Waals surface area contributed by atoms with Gasteiger partial charge in [-0.3, -0.25) is 4.79 Å². The maximum atomic E-state index is 12.3. The van der Waals surface area contributed by atoms with Crippen LogP contribution in [-0.4, -0.2) is 72.8 Å². The number of methoxy groups -OCH3 is 1. The van der Waals surface area contributed by atoms with Crippen LogP contribution in [0.1, 0.15) is 80.1 Å². The second kappa shape index (κ2) is 14.9. The first-order chi connectivity index (χ1) is 20.5. The second-order valence-electron chi connectivity index (χ2n) is 13.8. The molecular formula is C35H54O8. The fourth-order valence-electron chi connectivity index (χ4n) is 8.06. The molecule has 8 heteroatoms. The monoisotopic (exact) mass is 602 g/mol. The zero-order valence-electron chi connectivity index (χ0n) is 27.2. The first-order valence-electron chi connectivity index (χ1n) is 16.4. The molecule has 2 N–H and O–H groups in total. The summed E-state index contributed by atoms with van der Waals surface area (Å²) in [6.45, 7) is 12.3. The van der Waals surface area contributed by atoms with Gasteiger partial charge in [-0.15, -0.1) is 0 Å². The molecule has 0 aromatic heterocycles. The van der Waals surface area contributed by atoms with Crippen molar-refractivity contribution in [3.05, 3.63) is 35.1 Å². The van der Waals surface area contributed by atoms with E-state index in [1.54, 1.807) is 7.11 Å². The summed E-state index contributed by atoms with van der Waals surface area (Å²) in [7, 11) is 1.73. The predicted octanol–water partition coefficient (Wildman–Crippen LogP) is 5.74. The lowest BCUT2D eigenvalue weighted by Gasteiger charge is -2.41. The molecule has 1 aliphatic carbocycles. The zero-order valence-corrected chi connectivity index (χ0v) is 27.2. The number of ketones is 1. The number of carbonyl (C=O) groups is 2. The summed E-state index contributed by atoms with van der Waals surface area (Å²) in [5, 5.41) is 21.6. The van der Waals surface area contributed by atoms with E-state index >= 15 is 0 Å². The summed E-state index contributed by atoms with van der Waals surface area (Å²) < 4.78 is 23.4. The van der Waals surface area contributed by atoms with Crippen molar-refractivity contribution in [3.63, 3.8) is 0 Å². The minimum atomic E-state index is -0.739. The Morgan fingerprint density at radius 1 is 1.02 bits per heavy atom. The molecule has 12 atom stereocenters. The highest BCUT2D eigenvalue weighted by Crippen LogP contribution is 2.44. The van der Waals surface area contributed by atoms with Crippen LogP contribution >= 0.6 is 0 Å². The largest absolute Gasteiger partial charge is 0.511 e. The number of rotatable bonds is 10. The van der Waals surface area contributed by atoms with Crippen LogP contribution in [0.4, 0.5) is 0 Å². The van der Waals surface area contributed by atoms with E-state index in [-0.39, 0.29) is 84.7 Å². The lowest BCUT2D eigenvalue weighted by atomic mass is 9.66. The van der Waals surface area contributed by atoms with Crippen LogP contribution in [0, 0.1) is 41.4 Å². The van der Waals surface area contributed by atoms with Gasteiger partial charge < -0.3 is 29.2 Å². The summed E-state index contributed by atoms with van der Waals surface area (Å²) in [6, 6.07) is 0. The standard InChI is InChI=1S/C35H54O8/c1-19-9-8-10-25(30(19)23(5)32(38)31-28(37)18-41-35(31)39)16-26(17-36)34-21(3)12-14-27(42-34)13-11-20(2)33-22(4)15-29(43-33)24(6)40-7/h11,13,16,19-25,27,29-30,33-34,36,38H,8-10,12,14-15,17-18H2,1-7H3/b13-11+,26-16+,32-31+/t19-,20+,21-,22+,23+,24+,25-,27-,29-,30-,33?,34-/m1/s1. The van der Waals surface area contributed by atoms with Gasteiger partial charge >= 0.3 is 5.97 Å². The highest BCUT2D eigenvalue weighted by Gasteiger charge is 2.41. The van der Waals surface area contributed by atoms with E-state index in [0.717, 1.165) is 44.1 Å². The van der Waals surface area contributed by atoms with Crippen molar-refractivity contribution < 1.29 is 38.7 Å². The van der Waals surface area contributed by atoms with Crippen LogP contribution in [-0.2, 0) is 28.5 Å². The van der Waals surface area contributed by atoms with Crippen LogP contribution < -0.4 is 0 Å². The van der Waals surface area contributed by atoms with Gasteiger partial charge in [-0.05, 0) is 67.8 Å². The molecule has 0 amide bonds. The molecule has 1 saturated carbocycles. The molecule has 43 heavy (non-hydrogen) atoms. The number of allylic oxidation sites excluding steroid dienone is 2. The summed E-state index contributed by atoms with van der Waals surface area (Å²) in [5.41, 5.74) is 0.673. The average Bonchev–Trinajstić information content (AvgIpc) is 3.55. The van der Waals surface area contributed by atoms with E-state index in [1.807, 2.05) is 6.92 Å². The Morgan fingerprint density at radius 3 is 2.42 bits per heavy atom. The Labute approximate surface area is 257 Å². The summed E-state index contributed by atoms with van der Waals surface area (Å²) in [5.74, 6) is -0.447. The van der Waals surface area contributed by atoms with Gasteiger partial charge in [-0.2, -0.15) is 0 Å². The van der Waals surface area contributed by atoms with Crippen LogP contribution in [0.25, 0.3) is 0 Å². The van der Waals surface area contributed by atoms with E-state index in [0.29, 0.717) is 5.92 Å². The molecule has 4 fully saturated rings. The lowest BCUT2D eigenvalue weighted by molar-refractivity contribution is -0.135. The smallest absolute Gasteiger partial charge is 0.345 e. The number of carbonyl (C=O) groups excluding carboxylic acids is 2. The van der Waals surface area contributed by atoms with Crippen molar-refractivity contribution >= 4 is 11.8 Å². The molecule has 3 aliphatic heterocycles. The third-order valence-electron chi connectivity index (χ3n) is 10.7. The molecule has 8 nitrogen and oxygen atoms in total. The van der Waals surface area contributed by atoms with Crippen LogP contribution in [0.5, 0.6) is 0 Å². The minimum absolute atomic E-state index is 0.0116. The van der Waals surface area contributed by atoms with Gasteiger partial charge in [0.15, 0.2) is 6.61 Å². The van der Waals surface area contributed by atoms with Gasteiger partial charge in [0.25, 0.3) is 0 Å². The third kappa shape index (κ3) is 7.63. The molecular weight excluding hydrogens is 548 g/mol. The Balaban J connectivity index is 1.48. The van der Waals surface area contributed by atoms with Crippen molar-refractivity contribution in [2.75, 3.05) is 20.3 Å². The maximum absolute atomic E-state index is 12.3. The van der Waals surface area contributed by atoms with Crippen LogP contribution in [0.2, 0.25) is 0 Å². The van der Waals surface area contributed by atoms with E-state index < -0.39 is 17.7 Å². The van der Waals surface area contributed by atoms with Crippen molar-refractivity contribution in [3.8, 4) is 0 Å². The highest BCUT2D eigenvalue weighted by molar-refractivity contribution is 6.22. The maximum Gasteiger partial charge on any atom is 0.345 e. The SMILES string of the molecule is CO[C@@H](C)[C@H]1C[C@H](C)C([C@@H](C)/C=C/[C@@H]2CC[C@@H](C)[C@H](/C(=C/[C@H]3CCC[C@@H](C)[C@@H]3[C@H](C)/C(O)=C3/C(=O)COC3=O)CO)O2)O1. The van der Waals surface area contributed by atoms with Crippen LogP contribution in [0.3, 0.4) is 0 Å². The first kappa shape index (κ1) is 33.9. The molecule has 242 valence electrons. The zero-order chi connectivity index (χ0) is 31.4. The Morgan fingerprint density at radius 2 is 1.77 bits per heavy atom. The topological polar surface area (TPSA) is 112 Å². The first-order valence-corrected chi connectivity index (χ1v) is 16.4. The number of hydrogen-bond acceptors (Lipinski definition) is 8. The summed E-state index contributed by atoms with van der Waals surface area (Å²) >= 11 is 0. The number of ether oxygens (including phenoxy) is 4. The summed E-state index contributed by atoms with van der Waals surface area (Å²) in [4.78, 5) is 24.4. The van der Waals surface area contributed by atoms with Gasteiger partial charge in [-0.25, -0.2) is 4.79 Å². The van der Waals surface area contributed by atoms with Gasteiger partial charge in [0.1, 0.15) is 11.3 Å². The molecule has 4 rings (SSSR count). The molecule has 0 bridgehead atoms. The van der Waals surface area contributed by atoms with Crippen molar-refractivity contribution in [1.82, 2.24) is 0 Å². The normalized spacial score (nSPS) is 39.2. The number of cyclic esters (lactones) is 1. The Kier molecular flexibility index (Phi) is 11.7. The molecule has 3 saturated heterocycles. The molecule has 1 unspecified atom stereocenters. The van der Waals surface area contributed by atoms with Crippen molar-refractivity contribution in [1.29, 1.82) is 0 Å². The van der Waals surface area contributed by atoms with Gasteiger partial charge in [0.05, 0.1) is 37.1 Å². The molecule has 0 aromatic carbocycles. The highest BCUT2D eigenvalue weighted by atomic mass is 16.6. The number of aliphatic hydroxyl groups excluding tert-OH is 2. The predicted molar refractivity (Wildman–Crippen MR) is 164 cm³/mol. The van der Waals surface area contributed by atoms with E-state index in [2.05, 4.69) is 52.8 Å². The van der Waals surface area contributed by atoms with Crippen LogP contribution in [0.15, 0.2) is 35.1 Å². The second-order valence-corrected chi connectivity index (χ2v) is 13.8. The fraction of sp³-hybridized carbons (Fsp3) is 0.771. The van der Waals surface area contributed by atoms with Crippen molar-refractivity contribution in [2.45, 2.75) is 111 Å². The number of hydrogen-bond donors (Lipinski definition) is 2. The Bertz CT molecular complexity index is 1060. The number of aliphatic hydroxyl groups is 2. The van der Waals surface area contributed by atoms with Gasteiger partial charge in [0, 0.05) is 18.9 Å². The average molecular weight is 603 g/mol. The summed E-state index contributed by atoms with van der Waals surface area (Å²) in [6.07, 6.45) is 12.5. The van der Waals surface area contributed by atoms with Crippen molar-refractivity contribution in [2.24, 2.45) is 41.4 Å². The van der Waals surface area contributed by atoms with E-state index in [4.69, 9.17) is 18.9 Å². The third-order valence-corrected chi connectivity index (χ3v) is 10.7. The molecule has 0 spiro atoms. The molecule has 3 heterocycles. The fourth-order valence-corrected chi connectivity index (χ4v) is 8.06. The quantitative estimate of drug-likeness (QED) is 0.107. The minimum Gasteiger partial charge on any atom is -0.511 e. The Hall–Kier alpha value is -2.00. The van der Waals surface area contributed by atoms with E-state index in [9.17, 15) is 19.8 Å². The molecule has 0 radical (unpaired) electrons. The molecule has 4 aliphatic rings. The molecule has 0 aromatic rings.